The van der Waals surface area contributed by atoms with Gasteiger partial charge in [0.15, 0.2) is 11.9 Å². The quantitative estimate of drug-likeness (QED) is 0.407. The average Bonchev–Trinajstić information content (AvgIpc) is 2.63. The average molecular weight is 365 g/mol. The fraction of sp³-hybridized carbons (Fsp3) is 0.471. The van der Waals surface area contributed by atoms with E-state index in [4.69, 9.17) is 14.9 Å². The number of hydrogen-bond donors (Lipinski definition) is 3. The molecule has 0 aliphatic rings. The number of nitrogens with zero attached hydrogens (tertiary/aromatic N) is 1. The van der Waals surface area contributed by atoms with Crippen LogP contribution < -0.4 is 10.1 Å². The first kappa shape index (κ1) is 21.2. The number of carbonyl (C=O) groups excluding carboxylic acids is 3. The Bertz CT molecular complexity index is 644. The van der Waals surface area contributed by atoms with Gasteiger partial charge in [-0.25, -0.2) is 4.79 Å². The van der Waals surface area contributed by atoms with Crippen molar-refractivity contribution in [1.29, 1.82) is 5.41 Å². The highest BCUT2D eigenvalue weighted by atomic mass is 16.5. The van der Waals surface area contributed by atoms with E-state index in [1.54, 1.807) is 13.8 Å². The third kappa shape index (κ3) is 6.60. The summed E-state index contributed by atoms with van der Waals surface area (Å²) in [5.41, 5.74) is 0.0786. The summed E-state index contributed by atoms with van der Waals surface area (Å²) in [4.78, 5) is 39.6. The Hall–Kier alpha value is -2.81. The number of aliphatic hydroxyl groups excluding tert-OH is 1. The molecule has 0 saturated carbocycles. The Morgan fingerprint density at radius 1 is 1.35 bits per heavy atom. The first-order valence-corrected chi connectivity index (χ1v) is 8.00. The summed E-state index contributed by atoms with van der Waals surface area (Å²) in [7, 11) is 1.46. The van der Waals surface area contributed by atoms with Crippen molar-refractivity contribution in [2.24, 2.45) is 0 Å². The molecule has 0 aliphatic carbocycles. The number of pyridine rings is 1. The number of methoxy groups -OCH3 is 1. The topological polar surface area (TPSA) is 139 Å². The first-order valence-electron chi connectivity index (χ1n) is 8.00. The van der Waals surface area contributed by atoms with Crippen molar-refractivity contribution >= 4 is 23.9 Å². The number of aliphatic hydroxyl groups is 1. The highest BCUT2D eigenvalue weighted by Crippen LogP contribution is 2.15. The highest BCUT2D eigenvalue weighted by molar-refractivity contribution is 6.26. The Kier molecular flexibility index (Phi) is 8.36. The molecule has 0 fully saturated rings. The van der Waals surface area contributed by atoms with Crippen LogP contribution in [0.4, 0.5) is 0 Å². The minimum absolute atomic E-state index is 0.0474. The second kappa shape index (κ2) is 10.2. The molecule has 0 radical (unpaired) electrons. The van der Waals surface area contributed by atoms with Crippen LogP contribution >= 0.6 is 0 Å². The molecule has 0 unspecified atom stereocenters. The van der Waals surface area contributed by atoms with Crippen LogP contribution in [0.1, 0.15) is 38.5 Å². The number of ether oxygens (including phenoxy) is 2. The zero-order valence-electron chi connectivity index (χ0n) is 14.9. The minimum atomic E-state index is -1.60. The summed E-state index contributed by atoms with van der Waals surface area (Å²) >= 11 is 0. The third-order valence-corrected chi connectivity index (χ3v) is 3.32. The van der Waals surface area contributed by atoms with Crippen LogP contribution in [0.3, 0.4) is 0 Å². The molecule has 1 rings (SSSR count). The summed E-state index contributed by atoms with van der Waals surface area (Å²) in [6.07, 6.45) is -0.184. The monoisotopic (exact) mass is 365 g/mol. The van der Waals surface area contributed by atoms with E-state index in [1.807, 2.05) is 0 Å². The van der Waals surface area contributed by atoms with Crippen LogP contribution in [-0.4, -0.2) is 53.2 Å². The van der Waals surface area contributed by atoms with Gasteiger partial charge in [0.2, 0.25) is 0 Å². The van der Waals surface area contributed by atoms with Gasteiger partial charge in [-0.2, -0.15) is 0 Å². The number of ketones is 1. The van der Waals surface area contributed by atoms with Crippen LogP contribution in [0.15, 0.2) is 18.3 Å². The fourth-order valence-electron chi connectivity index (χ4n) is 1.98. The summed E-state index contributed by atoms with van der Waals surface area (Å²) < 4.78 is 10.0. The number of carbonyl (C=O) groups is 3. The Balaban J connectivity index is 2.82. The van der Waals surface area contributed by atoms with Gasteiger partial charge in [-0.3, -0.25) is 14.6 Å². The van der Waals surface area contributed by atoms with Gasteiger partial charge in [-0.15, -0.1) is 0 Å². The molecule has 1 aromatic heterocycles. The maximum atomic E-state index is 12.2. The van der Waals surface area contributed by atoms with Crippen LogP contribution in [-0.2, 0) is 19.1 Å². The van der Waals surface area contributed by atoms with Crippen molar-refractivity contribution < 1.29 is 29.0 Å². The molecule has 1 aromatic rings. The number of Topliss-reactive ketones (excluding diaryl/α,β-unsaturated/α-hetero) is 1. The van der Waals surface area contributed by atoms with E-state index < -0.39 is 35.9 Å². The maximum absolute atomic E-state index is 12.2. The van der Waals surface area contributed by atoms with Gasteiger partial charge in [-0.05, 0) is 32.4 Å². The van der Waals surface area contributed by atoms with Gasteiger partial charge in [0.1, 0.15) is 11.8 Å². The summed E-state index contributed by atoms with van der Waals surface area (Å²) in [5.74, 6) is -1.60. The second-order valence-electron chi connectivity index (χ2n) is 5.72. The van der Waals surface area contributed by atoms with Gasteiger partial charge in [0, 0.05) is 6.42 Å². The van der Waals surface area contributed by atoms with Crippen LogP contribution in [0, 0.1) is 5.41 Å². The van der Waals surface area contributed by atoms with Gasteiger partial charge in [0.25, 0.3) is 5.91 Å². The Labute approximate surface area is 151 Å². The predicted octanol–water partition coefficient (Wildman–Crippen LogP) is 0.559. The van der Waals surface area contributed by atoms with Crippen molar-refractivity contribution in [2.75, 3.05) is 7.11 Å². The lowest BCUT2D eigenvalue weighted by atomic mass is 10.1. The van der Waals surface area contributed by atoms with Crippen LogP contribution in [0.5, 0.6) is 5.75 Å². The van der Waals surface area contributed by atoms with Crippen LogP contribution in [0.2, 0.25) is 0 Å². The van der Waals surface area contributed by atoms with Crippen molar-refractivity contribution in [1.82, 2.24) is 10.3 Å². The number of hydrogen-bond acceptors (Lipinski definition) is 8. The maximum Gasteiger partial charge on any atom is 0.328 e. The van der Waals surface area contributed by atoms with Crippen molar-refractivity contribution in [2.45, 2.75) is 44.9 Å². The van der Waals surface area contributed by atoms with Crippen LogP contribution in [0.25, 0.3) is 0 Å². The number of rotatable bonds is 10. The molecular formula is C17H23N3O6. The molecule has 142 valence electrons. The molecule has 0 saturated heterocycles. The zero-order valence-corrected chi connectivity index (χ0v) is 14.9. The van der Waals surface area contributed by atoms with Gasteiger partial charge < -0.3 is 25.3 Å². The van der Waals surface area contributed by atoms with E-state index in [0.717, 1.165) is 0 Å². The third-order valence-electron chi connectivity index (χ3n) is 3.32. The lowest BCUT2D eigenvalue weighted by Gasteiger charge is -2.20. The largest absolute Gasteiger partial charge is 0.495 e. The van der Waals surface area contributed by atoms with Crippen molar-refractivity contribution in [3.8, 4) is 5.75 Å². The molecule has 0 spiro atoms. The number of aromatic nitrogens is 1. The lowest BCUT2D eigenvalue weighted by molar-refractivity contribution is -0.152. The molecule has 9 nitrogen and oxygen atoms in total. The Morgan fingerprint density at radius 2 is 2.04 bits per heavy atom. The molecule has 2 atom stereocenters. The lowest BCUT2D eigenvalue weighted by Crippen LogP contribution is -2.45. The molecule has 26 heavy (non-hydrogen) atoms. The summed E-state index contributed by atoms with van der Waals surface area (Å²) in [5, 5.41) is 19.4. The van der Waals surface area contributed by atoms with E-state index in [2.05, 4.69) is 10.3 Å². The first-order chi connectivity index (χ1) is 12.3. The molecule has 0 aliphatic heterocycles. The molecule has 1 heterocycles. The molecular weight excluding hydrogens is 342 g/mol. The number of esters is 1. The van der Waals surface area contributed by atoms with Crippen molar-refractivity contribution in [3.63, 3.8) is 0 Å². The Morgan fingerprint density at radius 3 is 2.54 bits per heavy atom. The zero-order chi connectivity index (χ0) is 19.7. The van der Waals surface area contributed by atoms with E-state index in [0.29, 0.717) is 12.0 Å². The highest BCUT2D eigenvalue weighted by Gasteiger charge is 2.28. The molecule has 1 amide bonds. The van der Waals surface area contributed by atoms with E-state index in [1.165, 1.54) is 25.4 Å². The van der Waals surface area contributed by atoms with E-state index in [9.17, 15) is 19.5 Å². The summed E-state index contributed by atoms with van der Waals surface area (Å²) in [6, 6.07) is 1.83. The van der Waals surface area contributed by atoms with Gasteiger partial charge >= 0.3 is 5.97 Å². The molecule has 9 heteroatoms. The smallest absolute Gasteiger partial charge is 0.328 e. The molecule has 0 bridgehead atoms. The number of amides is 1. The van der Waals surface area contributed by atoms with E-state index in [-0.39, 0.29) is 18.5 Å². The van der Waals surface area contributed by atoms with Crippen molar-refractivity contribution in [3.05, 3.63) is 24.0 Å². The van der Waals surface area contributed by atoms with Gasteiger partial charge in [-0.1, -0.05) is 0 Å². The van der Waals surface area contributed by atoms with Gasteiger partial charge in [0.05, 0.1) is 31.3 Å². The summed E-state index contributed by atoms with van der Waals surface area (Å²) in [6.45, 7) is 3.30. The molecule has 0 aromatic carbocycles. The fourth-order valence-corrected chi connectivity index (χ4v) is 1.98. The standard InChI is InChI=1S/C17H23N3O6/c1-10(2)26-17(24)14(6-4-11(21)8-18)20-16(23)15(22)13-7-5-12(25-3)9-19-13/h5,7-10,14-15,18,22H,4,6H2,1-3H3,(H,20,23)/t14-,15+/m0/s1. The normalized spacial score (nSPS) is 12.8. The predicted molar refractivity (Wildman–Crippen MR) is 91.9 cm³/mol. The van der Waals surface area contributed by atoms with E-state index >= 15 is 0 Å². The minimum Gasteiger partial charge on any atom is -0.495 e. The second-order valence-corrected chi connectivity index (χ2v) is 5.72. The number of nitrogens with one attached hydrogen (secondary N) is 2. The SMILES string of the molecule is COc1ccc([C@@H](O)C(=O)N[C@@H](CCC(=O)C=N)C(=O)OC(C)C)nc1. The molecule has 3 N–H and O–H groups in total.